The predicted octanol–water partition coefficient (Wildman–Crippen LogP) is 7.08. The summed E-state index contributed by atoms with van der Waals surface area (Å²) >= 11 is 3.08. The highest BCUT2D eigenvalue weighted by atomic mass is 32.1. The number of thiazole rings is 2. The fourth-order valence-electron chi connectivity index (χ4n) is 4.66. The maximum Gasteiger partial charge on any atom is 0.270 e. The van der Waals surface area contributed by atoms with E-state index in [2.05, 4.69) is 50.8 Å². The van der Waals surface area contributed by atoms with E-state index in [1.165, 1.54) is 43.4 Å². The van der Waals surface area contributed by atoms with Crippen LogP contribution in [0.4, 0.5) is 17.2 Å². The molecular weight excluding hydrogens is 488 g/mol. The molecule has 0 atom stereocenters. The molecule has 1 aromatic carbocycles. The van der Waals surface area contributed by atoms with Gasteiger partial charge in [0.1, 0.15) is 16.5 Å². The van der Waals surface area contributed by atoms with Crippen LogP contribution in [0.25, 0.3) is 20.8 Å². The molecule has 0 aliphatic heterocycles. The molecule has 3 N–H and O–H groups in total. The first-order valence-electron chi connectivity index (χ1n) is 12.7. The van der Waals surface area contributed by atoms with E-state index in [-0.39, 0.29) is 11.9 Å². The number of hydrogen-bond donors (Lipinski definition) is 3. The lowest BCUT2D eigenvalue weighted by Crippen LogP contribution is -2.26. The fourth-order valence-corrected chi connectivity index (χ4v) is 6.20. The van der Waals surface area contributed by atoms with Crippen LogP contribution in [0.15, 0.2) is 41.4 Å². The van der Waals surface area contributed by atoms with Crippen molar-refractivity contribution in [3.05, 3.63) is 47.0 Å². The van der Waals surface area contributed by atoms with Crippen LogP contribution in [0.1, 0.15) is 62.9 Å². The van der Waals surface area contributed by atoms with Crippen LogP contribution in [0.5, 0.6) is 0 Å². The van der Waals surface area contributed by atoms with E-state index in [0.717, 1.165) is 50.3 Å². The van der Waals surface area contributed by atoms with Crippen LogP contribution in [0, 0.1) is 5.92 Å². The number of anilines is 3. The van der Waals surface area contributed by atoms with Gasteiger partial charge >= 0.3 is 0 Å². The number of carbonyl (C=O) groups excluding carboxylic acids is 1. The van der Waals surface area contributed by atoms with Gasteiger partial charge in [-0.3, -0.25) is 4.79 Å². The minimum absolute atomic E-state index is 0.101. The van der Waals surface area contributed by atoms with Gasteiger partial charge in [-0.2, -0.15) is 0 Å². The molecular formula is C27H32N6OS2. The maximum absolute atomic E-state index is 12.7. The van der Waals surface area contributed by atoms with Gasteiger partial charge in [-0.25, -0.2) is 15.0 Å². The van der Waals surface area contributed by atoms with Crippen molar-refractivity contribution in [2.24, 2.45) is 5.92 Å². The Hall–Kier alpha value is -3.04. The van der Waals surface area contributed by atoms with Crippen molar-refractivity contribution < 1.29 is 4.79 Å². The zero-order valence-corrected chi connectivity index (χ0v) is 22.3. The molecule has 9 heteroatoms. The summed E-state index contributed by atoms with van der Waals surface area (Å²) in [5, 5.41) is 12.6. The van der Waals surface area contributed by atoms with Gasteiger partial charge < -0.3 is 16.0 Å². The van der Waals surface area contributed by atoms with Gasteiger partial charge in [0.15, 0.2) is 0 Å². The third kappa shape index (κ3) is 6.02. The molecule has 0 spiro atoms. The third-order valence-corrected chi connectivity index (χ3v) is 8.15. The minimum Gasteiger partial charge on any atom is -0.382 e. The van der Waals surface area contributed by atoms with Crippen LogP contribution in [-0.2, 0) is 0 Å². The van der Waals surface area contributed by atoms with Crippen molar-refractivity contribution in [2.45, 2.75) is 58.4 Å². The zero-order valence-electron chi connectivity index (χ0n) is 20.7. The molecule has 3 heterocycles. The average Bonchev–Trinajstić information content (AvgIpc) is 3.54. The number of carbonyl (C=O) groups is 1. The van der Waals surface area contributed by atoms with Gasteiger partial charge in [0.25, 0.3) is 5.91 Å². The minimum atomic E-state index is -0.101. The molecule has 1 saturated carbocycles. The maximum atomic E-state index is 12.7. The Morgan fingerprint density at radius 1 is 1.11 bits per heavy atom. The SMILES string of the molecule is CC(C)Nc1cc(Nc2ccc3ncsc3c2)ncc1-c1nc(C(=O)NCCC2CCCCC2)cs1. The van der Waals surface area contributed by atoms with Crippen LogP contribution < -0.4 is 16.0 Å². The molecule has 4 aromatic rings. The Bertz CT molecular complexity index is 1320. The Balaban J connectivity index is 1.29. The van der Waals surface area contributed by atoms with Gasteiger partial charge in [-0.15, -0.1) is 22.7 Å². The monoisotopic (exact) mass is 520 g/mol. The molecule has 7 nitrogen and oxygen atoms in total. The smallest absolute Gasteiger partial charge is 0.270 e. The number of pyridine rings is 1. The molecule has 0 unspecified atom stereocenters. The van der Waals surface area contributed by atoms with E-state index < -0.39 is 0 Å². The topological polar surface area (TPSA) is 91.8 Å². The summed E-state index contributed by atoms with van der Waals surface area (Å²) in [6, 6.07) is 8.32. The van der Waals surface area contributed by atoms with E-state index >= 15 is 0 Å². The van der Waals surface area contributed by atoms with Gasteiger partial charge in [0, 0.05) is 41.6 Å². The highest BCUT2D eigenvalue weighted by Gasteiger charge is 2.17. The van der Waals surface area contributed by atoms with E-state index in [1.807, 2.05) is 35.3 Å². The van der Waals surface area contributed by atoms with Crippen molar-refractivity contribution >= 4 is 56.0 Å². The van der Waals surface area contributed by atoms with Gasteiger partial charge in [-0.05, 0) is 44.4 Å². The quantitative estimate of drug-likeness (QED) is 0.218. The summed E-state index contributed by atoms with van der Waals surface area (Å²) in [6.45, 7) is 4.91. The number of aromatic nitrogens is 3. The summed E-state index contributed by atoms with van der Waals surface area (Å²) in [6.07, 6.45) is 9.46. The number of rotatable bonds is 9. The second-order valence-electron chi connectivity index (χ2n) is 9.66. The molecule has 1 amide bonds. The first-order chi connectivity index (χ1) is 17.5. The number of nitrogens with one attached hydrogen (secondary N) is 3. The number of nitrogens with zero attached hydrogens (tertiary/aromatic N) is 3. The highest BCUT2D eigenvalue weighted by Crippen LogP contribution is 2.33. The first kappa shape index (κ1) is 24.6. The summed E-state index contributed by atoms with van der Waals surface area (Å²) in [7, 11) is 0. The lowest BCUT2D eigenvalue weighted by atomic mass is 9.87. The Kier molecular flexibility index (Phi) is 7.77. The summed E-state index contributed by atoms with van der Waals surface area (Å²) in [5.74, 6) is 1.39. The molecule has 1 aliphatic rings. The van der Waals surface area contributed by atoms with Crippen molar-refractivity contribution in [3.8, 4) is 10.6 Å². The Labute approximate surface area is 219 Å². The molecule has 0 saturated heterocycles. The van der Waals surface area contributed by atoms with Crippen LogP contribution in [0.2, 0.25) is 0 Å². The summed E-state index contributed by atoms with van der Waals surface area (Å²) in [5.41, 5.74) is 6.09. The van der Waals surface area contributed by atoms with Gasteiger partial charge in [-0.1, -0.05) is 32.1 Å². The van der Waals surface area contributed by atoms with Gasteiger partial charge in [0.05, 0.1) is 21.3 Å². The van der Waals surface area contributed by atoms with Crippen molar-refractivity contribution in [3.63, 3.8) is 0 Å². The van der Waals surface area contributed by atoms with Crippen molar-refractivity contribution in [2.75, 3.05) is 17.2 Å². The van der Waals surface area contributed by atoms with E-state index in [9.17, 15) is 4.79 Å². The lowest BCUT2D eigenvalue weighted by molar-refractivity contribution is 0.0946. The van der Waals surface area contributed by atoms with Crippen molar-refractivity contribution in [1.29, 1.82) is 0 Å². The number of amides is 1. The van der Waals surface area contributed by atoms with E-state index in [1.54, 1.807) is 11.3 Å². The highest BCUT2D eigenvalue weighted by molar-refractivity contribution is 7.16. The standard InChI is InChI=1S/C27H32N6OS2/c1-17(2)31-22-13-25(32-19-8-9-21-24(12-19)36-16-30-21)29-14-20(22)27-33-23(15-35-27)26(34)28-11-10-18-6-4-3-5-7-18/h8-9,12-18H,3-7,10-11H2,1-2H3,(H,28,34)(H2,29,31,32). The average molecular weight is 521 g/mol. The lowest BCUT2D eigenvalue weighted by Gasteiger charge is -2.21. The fraction of sp³-hybridized carbons (Fsp3) is 0.407. The first-order valence-corrected chi connectivity index (χ1v) is 14.4. The van der Waals surface area contributed by atoms with E-state index in [4.69, 9.17) is 0 Å². The molecule has 3 aromatic heterocycles. The second kappa shape index (κ2) is 11.3. The third-order valence-electron chi connectivity index (χ3n) is 6.48. The van der Waals surface area contributed by atoms with Crippen LogP contribution in [-0.4, -0.2) is 33.4 Å². The number of benzene rings is 1. The molecule has 5 rings (SSSR count). The zero-order chi connectivity index (χ0) is 24.9. The largest absolute Gasteiger partial charge is 0.382 e. The van der Waals surface area contributed by atoms with E-state index in [0.29, 0.717) is 12.2 Å². The molecule has 0 radical (unpaired) electrons. The molecule has 1 fully saturated rings. The van der Waals surface area contributed by atoms with Crippen LogP contribution in [0.3, 0.4) is 0 Å². The predicted molar refractivity (Wildman–Crippen MR) is 151 cm³/mol. The molecule has 0 bridgehead atoms. The Morgan fingerprint density at radius 2 is 1.97 bits per heavy atom. The molecule has 1 aliphatic carbocycles. The normalized spacial score (nSPS) is 14.3. The van der Waals surface area contributed by atoms with Gasteiger partial charge in [0.2, 0.25) is 0 Å². The summed E-state index contributed by atoms with van der Waals surface area (Å²) in [4.78, 5) is 26.4. The second-order valence-corrected chi connectivity index (χ2v) is 11.4. The Morgan fingerprint density at radius 3 is 2.81 bits per heavy atom. The summed E-state index contributed by atoms with van der Waals surface area (Å²) < 4.78 is 1.13. The van der Waals surface area contributed by atoms with Crippen molar-refractivity contribution in [1.82, 2.24) is 20.3 Å². The molecule has 188 valence electrons. The van der Waals surface area contributed by atoms with Crippen LogP contribution >= 0.6 is 22.7 Å². The number of fused-ring (bicyclic) bond motifs is 1. The molecule has 36 heavy (non-hydrogen) atoms. The number of hydrogen-bond acceptors (Lipinski definition) is 8.